The fraction of sp³-hybridized carbons (Fsp3) is 0.500. The summed E-state index contributed by atoms with van der Waals surface area (Å²) < 4.78 is 6.71. The summed E-state index contributed by atoms with van der Waals surface area (Å²) in [5, 5.41) is 0.922. The number of halogens is 2. The van der Waals surface area contributed by atoms with Gasteiger partial charge in [-0.2, -0.15) is 0 Å². The third-order valence-electron chi connectivity index (χ3n) is 5.58. The van der Waals surface area contributed by atoms with Gasteiger partial charge in [0.1, 0.15) is 0 Å². The van der Waals surface area contributed by atoms with Crippen molar-refractivity contribution in [3.05, 3.63) is 33.9 Å². The van der Waals surface area contributed by atoms with Crippen LogP contribution in [-0.2, 0) is 4.74 Å². The van der Waals surface area contributed by atoms with Gasteiger partial charge in [0.15, 0.2) is 0 Å². The fourth-order valence-electron chi connectivity index (χ4n) is 3.86. The summed E-state index contributed by atoms with van der Waals surface area (Å²) in [5.74, 6) is -0.218. The Balaban J connectivity index is 0.00000169. The van der Waals surface area contributed by atoms with E-state index in [0.717, 1.165) is 59.8 Å². The van der Waals surface area contributed by atoms with Crippen LogP contribution in [0.4, 0.5) is 0 Å². The zero-order valence-corrected chi connectivity index (χ0v) is 16.1. The summed E-state index contributed by atoms with van der Waals surface area (Å²) in [6, 6.07) is 4.04. The smallest absolute Gasteiger partial charge is 0.340 e. The Kier molecular flexibility index (Phi) is 4.96. The van der Waals surface area contributed by atoms with Crippen molar-refractivity contribution < 1.29 is 9.53 Å². The Morgan fingerprint density at radius 1 is 1.29 bits per heavy atom. The molecule has 0 aliphatic carbocycles. The number of hydrogen-bond acceptors (Lipinski definition) is 3. The van der Waals surface area contributed by atoms with Gasteiger partial charge in [-0.1, -0.05) is 6.07 Å². The van der Waals surface area contributed by atoms with Crippen LogP contribution in [0.25, 0.3) is 10.9 Å². The van der Waals surface area contributed by atoms with Crippen LogP contribution in [0.2, 0.25) is 0 Å². The number of esters is 1. The van der Waals surface area contributed by atoms with Crippen molar-refractivity contribution in [3.8, 4) is 0 Å². The normalized spacial score (nSPS) is 25.5. The van der Waals surface area contributed by atoms with Gasteiger partial charge in [-0.15, -0.1) is 12.4 Å². The maximum atomic E-state index is 12.6. The number of aromatic nitrogens is 1. The minimum absolute atomic E-state index is 0. The molecule has 0 amide bonds. The van der Waals surface area contributed by atoms with Crippen molar-refractivity contribution >= 4 is 45.2 Å². The Morgan fingerprint density at radius 2 is 1.96 bits per heavy atom. The first-order chi connectivity index (χ1) is 11.1. The number of nitrogens with one attached hydrogen (secondary N) is 1. The molecule has 0 saturated carbocycles. The number of aromatic amines is 1. The van der Waals surface area contributed by atoms with E-state index in [0.29, 0.717) is 12.2 Å². The van der Waals surface area contributed by atoms with Crippen molar-refractivity contribution in [1.82, 2.24) is 9.88 Å². The molecule has 24 heavy (non-hydrogen) atoms. The van der Waals surface area contributed by atoms with Gasteiger partial charge in [-0.25, -0.2) is 4.79 Å². The number of nitrogens with zero attached hydrogens (tertiary/aromatic N) is 1. The van der Waals surface area contributed by atoms with Gasteiger partial charge in [0.05, 0.1) is 12.2 Å². The van der Waals surface area contributed by atoms with E-state index in [1.165, 1.54) is 0 Å². The SMILES string of the molecule is Cc1ccc2[nH]cc(C(=O)OCC34CCN(CC3)CC4)c2c1Br.Cl. The molecule has 4 heterocycles. The molecule has 1 aromatic heterocycles. The highest BCUT2D eigenvalue weighted by Gasteiger charge is 2.40. The molecule has 5 rings (SSSR count). The number of ether oxygens (including phenoxy) is 1. The van der Waals surface area contributed by atoms with Crippen LogP contribution in [0.3, 0.4) is 0 Å². The molecule has 1 aromatic carbocycles. The first-order valence-electron chi connectivity index (χ1n) is 8.24. The Morgan fingerprint density at radius 3 is 2.62 bits per heavy atom. The van der Waals surface area contributed by atoms with Crippen LogP contribution in [-0.4, -0.2) is 42.1 Å². The second-order valence-corrected chi connectivity index (χ2v) is 7.78. The number of carbonyl (C=O) groups is 1. The molecule has 0 atom stereocenters. The zero-order chi connectivity index (χ0) is 16.0. The molecular weight excluding hydrogens is 392 g/mol. The Labute approximate surface area is 156 Å². The van der Waals surface area contributed by atoms with E-state index in [4.69, 9.17) is 4.74 Å². The van der Waals surface area contributed by atoms with Crippen molar-refractivity contribution in [2.24, 2.45) is 5.41 Å². The molecule has 4 nitrogen and oxygen atoms in total. The molecule has 0 spiro atoms. The predicted molar refractivity (Wildman–Crippen MR) is 101 cm³/mol. The summed E-state index contributed by atoms with van der Waals surface area (Å²) in [6.45, 7) is 6.02. The molecule has 2 aromatic rings. The molecule has 0 unspecified atom stereocenters. The molecule has 3 aliphatic rings. The van der Waals surface area contributed by atoms with Crippen LogP contribution in [0, 0.1) is 12.3 Å². The molecule has 0 radical (unpaired) electrons. The average molecular weight is 414 g/mol. The van der Waals surface area contributed by atoms with Gasteiger partial charge in [-0.3, -0.25) is 0 Å². The minimum atomic E-state index is -0.218. The van der Waals surface area contributed by atoms with Crippen molar-refractivity contribution in [2.75, 3.05) is 26.2 Å². The number of aryl methyl sites for hydroxylation is 1. The van der Waals surface area contributed by atoms with E-state index >= 15 is 0 Å². The van der Waals surface area contributed by atoms with E-state index in [2.05, 4.69) is 25.8 Å². The number of hydrogen-bond donors (Lipinski definition) is 1. The predicted octanol–water partition coefficient (Wildman–Crippen LogP) is 4.30. The standard InChI is InChI=1S/C18H21BrN2O2.ClH/c1-12-2-3-14-15(16(12)19)13(10-20-14)17(22)23-11-18-4-7-21(8-5-18)9-6-18;/h2-3,10,20H,4-9,11H2,1H3;1H. The lowest BCUT2D eigenvalue weighted by Crippen LogP contribution is -2.50. The van der Waals surface area contributed by atoms with Crippen LogP contribution in [0.1, 0.15) is 35.2 Å². The van der Waals surface area contributed by atoms with Crippen LogP contribution >= 0.6 is 28.3 Å². The van der Waals surface area contributed by atoms with Gasteiger partial charge in [0.2, 0.25) is 0 Å². The second kappa shape index (κ2) is 6.70. The molecule has 2 bridgehead atoms. The summed E-state index contributed by atoms with van der Waals surface area (Å²) in [5.41, 5.74) is 2.91. The summed E-state index contributed by atoms with van der Waals surface area (Å²) in [6.07, 6.45) is 5.21. The third-order valence-corrected chi connectivity index (χ3v) is 6.60. The summed E-state index contributed by atoms with van der Waals surface area (Å²) in [7, 11) is 0. The zero-order valence-electron chi connectivity index (χ0n) is 13.7. The maximum Gasteiger partial charge on any atom is 0.340 e. The summed E-state index contributed by atoms with van der Waals surface area (Å²) >= 11 is 3.60. The molecule has 3 saturated heterocycles. The van der Waals surface area contributed by atoms with Crippen LogP contribution < -0.4 is 0 Å². The lowest BCUT2D eigenvalue weighted by molar-refractivity contribution is -0.0304. The third kappa shape index (κ3) is 2.98. The highest BCUT2D eigenvalue weighted by molar-refractivity contribution is 9.10. The number of piperidine rings is 3. The topological polar surface area (TPSA) is 45.3 Å². The van der Waals surface area contributed by atoms with Gasteiger partial charge in [-0.05, 0) is 73.4 Å². The number of benzene rings is 1. The number of fused-ring (bicyclic) bond motifs is 4. The van der Waals surface area contributed by atoms with E-state index in [1.54, 1.807) is 6.20 Å². The highest BCUT2D eigenvalue weighted by atomic mass is 79.9. The lowest BCUT2D eigenvalue weighted by Gasteiger charge is -2.47. The molecule has 6 heteroatoms. The first-order valence-corrected chi connectivity index (χ1v) is 9.03. The van der Waals surface area contributed by atoms with E-state index in [1.807, 2.05) is 19.1 Å². The largest absolute Gasteiger partial charge is 0.461 e. The molecule has 1 N–H and O–H groups in total. The quantitative estimate of drug-likeness (QED) is 0.763. The number of rotatable bonds is 3. The van der Waals surface area contributed by atoms with Gasteiger partial charge in [0, 0.05) is 27.0 Å². The fourth-order valence-corrected chi connectivity index (χ4v) is 4.42. The Bertz CT molecular complexity index is 752. The first kappa shape index (κ1) is 17.8. The van der Waals surface area contributed by atoms with Crippen molar-refractivity contribution in [1.29, 1.82) is 0 Å². The van der Waals surface area contributed by atoms with Gasteiger partial charge in [0.25, 0.3) is 0 Å². The molecule has 3 fully saturated rings. The van der Waals surface area contributed by atoms with E-state index < -0.39 is 0 Å². The van der Waals surface area contributed by atoms with Crippen molar-refractivity contribution in [2.45, 2.75) is 26.2 Å². The number of H-pyrrole nitrogens is 1. The van der Waals surface area contributed by atoms with Gasteiger partial charge >= 0.3 is 5.97 Å². The van der Waals surface area contributed by atoms with Crippen LogP contribution in [0.15, 0.2) is 22.8 Å². The van der Waals surface area contributed by atoms with Crippen molar-refractivity contribution in [3.63, 3.8) is 0 Å². The lowest BCUT2D eigenvalue weighted by atomic mass is 9.73. The van der Waals surface area contributed by atoms with E-state index in [-0.39, 0.29) is 23.8 Å². The van der Waals surface area contributed by atoms with Crippen LogP contribution in [0.5, 0.6) is 0 Å². The van der Waals surface area contributed by atoms with Gasteiger partial charge < -0.3 is 14.6 Å². The second-order valence-electron chi connectivity index (χ2n) is 6.99. The number of carbonyl (C=O) groups excluding carboxylic acids is 1. The molecule has 130 valence electrons. The summed E-state index contributed by atoms with van der Waals surface area (Å²) in [4.78, 5) is 18.3. The molecule has 3 aliphatic heterocycles. The minimum Gasteiger partial charge on any atom is -0.461 e. The maximum absolute atomic E-state index is 12.6. The highest BCUT2D eigenvalue weighted by Crippen LogP contribution is 2.40. The monoisotopic (exact) mass is 412 g/mol. The molecular formula is C18H22BrClN2O2. The Hall–Kier alpha value is -1.04. The average Bonchev–Trinajstić information content (AvgIpc) is 3.03. The van der Waals surface area contributed by atoms with E-state index in [9.17, 15) is 4.79 Å².